The van der Waals surface area contributed by atoms with Crippen molar-refractivity contribution in [3.8, 4) is 11.5 Å². The standard InChI is InChI=1S/C23H30FN3O4/c1-5-15(2)21(27-23(29)26-18-8-6-7-17(24)14-18)22(28)25-12-11-16-9-10-19(30-3)20(13-16)31-4/h6-10,13-15,21H,5,11-12H2,1-4H3,(H,25,28)(H2,26,27,29). The molecule has 0 spiro atoms. The lowest BCUT2D eigenvalue weighted by Crippen LogP contribution is -2.51. The van der Waals surface area contributed by atoms with Gasteiger partial charge in [0, 0.05) is 12.2 Å². The lowest BCUT2D eigenvalue weighted by Gasteiger charge is -2.23. The third-order valence-electron chi connectivity index (χ3n) is 5.03. The number of nitrogens with one attached hydrogen (secondary N) is 3. The summed E-state index contributed by atoms with van der Waals surface area (Å²) in [7, 11) is 3.14. The highest BCUT2D eigenvalue weighted by molar-refractivity contribution is 5.93. The number of carbonyl (C=O) groups is 2. The van der Waals surface area contributed by atoms with Gasteiger partial charge in [0.05, 0.1) is 14.2 Å². The molecule has 0 fully saturated rings. The summed E-state index contributed by atoms with van der Waals surface area (Å²) in [6.07, 6.45) is 1.29. The number of carbonyl (C=O) groups excluding carboxylic acids is 2. The molecule has 0 saturated carbocycles. The molecule has 0 radical (unpaired) electrons. The van der Waals surface area contributed by atoms with Crippen LogP contribution < -0.4 is 25.4 Å². The van der Waals surface area contributed by atoms with Crippen LogP contribution in [0.3, 0.4) is 0 Å². The zero-order valence-corrected chi connectivity index (χ0v) is 18.3. The Morgan fingerprint density at radius 3 is 2.45 bits per heavy atom. The van der Waals surface area contributed by atoms with E-state index in [0.717, 1.165) is 5.56 Å². The third-order valence-corrected chi connectivity index (χ3v) is 5.03. The molecule has 0 aliphatic carbocycles. The van der Waals surface area contributed by atoms with Crippen molar-refractivity contribution in [2.24, 2.45) is 5.92 Å². The van der Waals surface area contributed by atoms with Crippen LogP contribution in [-0.4, -0.2) is 38.7 Å². The number of hydrogen-bond donors (Lipinski definition) is 3. The van der Waals surface area contributed by atoms with Crippen LogP contribution in [0.4, 0.5) is 14.9 Å². The number of ether oxygens (including phenoxy) is 2. The molecule has 0 saturated heterocycles. The first-order chi connectivity index (χ1) is 14.9. The van der Waals surface area contributed by atoms with Gasteiger partial charge in [0.15, 0.2) is 11.5 Å². The fourth-order valence-electron chi connectivity index (χ4n) is 3.05. The topological polar surface area (TPSA) is 88.7 Å². The molecule has 3 N–H and O–H groups in total. The molecule has 0 heterocycles. The van der Waals surface area contributed by atoms with Crippen molar-refractivity contribution in [2.75, 3.05) is 26.1 Å². The van der Waals surface area contributed by atoms with E-state index in [0.29, 0.717) is 36.6 Å². The average Bonchev–Trinajstić information content (AvgIpc) is 2.76. The number of rotatable bonds is 10. The van der Waals surface area contributed by atoms with E-state index in [4.69, 9.17) is 9.47 Å². The molecule has 2 atom stereocenters. The first kappa shape index (κ1) is 24.0. The van der Waals surface area contributed by atoms with Crippen molar-refractivity contribution in [3.05, 3.63) is 53.8 Å². The van der Waals surface area contributed by atoms with E-state index < -0.39 is 17.9 Å². The second-order valence-corrected chi connectivity index (χ2v) is 7.20. The molecular weight excluding hydrogens is 401 g/mol. The highest BCUT2D eigenvalue weighted by Gasteiger charge is 2.25. The average molecular weight is 432 g/mol. The molecule has 2 rings (SSSR count). The van der Waals surface area contributed by atoms with Crippen LogP contribution in [0, 0.1) is 11.7 Å². The van der Waals surface area contributed by atoms with Crippen LogP contribution in [0.25, 0.3) is 0 Å². The van der Waals surface area contributed by atoms with Gasteiger partial charge in [0.2, 0.25) is 5.91 Å². The van der Waals surface area contributed by atoms with Crippen LogP contribution in [0.2, 0.25) is 0 Å². The quantitative estimate of drug-likeness (QED) is 0.535. The number of anilines is 1. The van der Waals surface area contributed by atoms with Gasteiger partial charge in [0.25, 0.3) is 0 Å². The van der Waals surface area contributed by atoms with Gasteiger partial charge in [-0.25, -0.2) is 9.18 Å². The third kappa shape index (κ3) is 7.16. The van der Waals surface area contributed by atoms with Crippen LogP contribution in [0.1, 0.15) is 25.8 Å². The summed E-state index contributed by atoms with van der Waals surface area (Å²) in [6, 6.07) is 9.87. The Morgan fingerprint density at radius 1 is 1.06 bits per heavy atom. The zero-order chi connectivity index (χ0) is 22.8. The number of hydrogen-bond acceptors (Lipinski definition) is 4. The second kappa shape index (κ2) is 11.8. The molecule has 3 amide bonds. The van der Waals surface area contributed by atoms with Crippen LogP contribution in [0.5, 0.6) is 11.5 Å². The van der Waals surface area contributed by atoms with Crippen molar-refractivity contribution in [3.63, 3.8) is 0 Å². The van der Waals surface area contributed by atoms with Crippen molar-refractivity contribution < 1.29 is 23.5 Å². The summed E-state index contributed by atoms with van der Waals surface area (Å²) < 4.78 is 23.8. The number of amides is 3. The van der Waals surface area contributed by atoms with Crippen molar-refractivity contribution >= 4 is 17.6 Å². The Kier molecular flexibility index (Phi) is 9.12. The largest absolute Gasteiger partial charge is 0.493 e. The van der Waals surface area contributed by atoms with Gasteiger partial charge >= 0.3 is 6.03 Å². The highest BCUT2D eigenvalue weighted by atomic mass is 19.1. The van der Waals surface area contributed by atoms with E-state index in [9.17, 15) is 14.0 Å². The molecule has 2 aromatic carbocycles. The number of urea groups is 1. The Balaban J connectivity index is 1.94. The highest BCUT2D eigenvalue weighted by Crippen LogP contribution is 2.27. The zero-order valence-electron chi connectivity index (χ0n) is 18.3. The van der Waals surface area contributed by atoms with E-state index in [-0.39, 0.29) is 11.8 Å². The summed E-state index contributed by atoms with van der Waals surface area (Å²) in [5.41, 5.74) is 1.30. The van der Waals surface area contributed by atoms with E-state index in [1.807, 2.05) is 32.0 Å². The molecule has 0 bridgehead atoms. The van der Waals surface area contributed by atoms with E-state index in [1.165, 1.54) is 18.2 Å². The maximum atomic E-state index is 13.3. The molecular formula is C23H30FN3O4. The van der Waals surface area contributed by atoms with Gasteiger partial charge in [-0.15, -0.1) is 0 Å². The number of halogens is 1. The van der Waals surface area contributed by atoms with Crippen molar-refractivity contribution in [2.45, 2.75) is 32.7 Å². The summed E-state index contributed by atoms with van der Waals surface area (Å²) in [6.45, 7) is 4.23. The van der Waals surface area contributed by atoms with E-state index >= 15 is 0 Å². The number of methoxy groups -OCH3 is 2. The predicted molar refractivity (Wildman–Crippen MR) is 118 cm³/mol. The van der Waals surface area contributed by atoms with Gasteiger partial charge in [-0.3, -0.25) is 4.79 Å². The van der Waals surface area contributed by atoms with Crippen LogP contribution in [-0.2, 0) is 11.2 Å². The minimum Gasteiger partial charge on any atom is -0.493 e. The molecule has 2 unspecified atom stereocenters. The van der Waals surface area contributed by atoms with Gasteiger partial charge in [-0.1, -0.05) is 32.4 Å². The summed E-state index contributed by atoms with van der Waals surface area (Å²) >= 11 is 0. The first-order valence-corrected chi connectivity index (χ1v) is 10.2. The maximum Gasteiger partial charge on any atom is 0.319 e. The Morgan fingerprint density at radius 2 is 1.81 bits per heavy atom. The Hall–Kier alpha value is -3.29. The fraction of sp³-hybridized carbons (Fsp3) is 0.391. The molecule has 0 aliphatic rings. The lowest BCUT2D eigenvalue weighted by molar-refractivity contribution is -0.124. The number of benzene rings is 2. The predicted octanol–water partition coefficient (Wildman–Crippen LogP) is 3.74. The monoisotopic (exact) mass is 431 g/mol. The van der Waals surface area contributed by atoms with Gasteiger partial charge < -0.3 is 25.4 Å². The lowest BCUT2D eigenvalue weighted by atomic mass is 9.98. The fourth-order valence-corrected chi connectivity index (χ4v) is 3.05. The van der Waals surface area contributed by atoms with E-state index in [1.54, 1.807) is 20.3 Å². The minimum absolute atomic E-state index is 0.0839. The first-order valence-electron chi connectivity index (χ1n) is 10.2. The SMILES string of the molecule is CCC(C)C(NC(=O)Nc1cccc(F)c1)C(=O)NCCc1ccc(OC)c(OC)c1. The summed E-state index contributed by atoms with van der Waals surface area (Å²) in [5.74, 6) is 0.452. The molecule has 7 nitrogen and oxygen atoms in total. The smallest absolute Gasteiger partial charge is 0.319 e. The van der Waals surface area contributed by atoms with Gasteiger partial charge in [0.1, 0.15) is 11.9 Å². The molecule has 0 aromatic heterocycles. The van der Waals surface area contributed by atoms with Crippen LogP contribution >= 0.6 is 0 Å². The minimum atomic E-state index is -0.719. The molecule has 31 heavy (non-hydrogen) atoms. The van der Waals surface area contributed by atoms with Crippen LogP contribution in [0.15, 0.2) is 42.5 Å². The van der Waals surface area contributed by atoms with Gasteiger partial charge in [-0.05, 0) is 48.2 Å². The van der Waals surface area contributed by atoms with Gasteiger partial charge in [-0.2, -0.15) is 0 Å². The Bertz CT molecular complexity index is 891. The summed E-state index contributed by atoms with van der Waals surface area (Å²) in [4.78, 5) is 25.1. The maximum absolute atomic E-state index is 13.3. The molecule has 168 valence electrons. The molecule has 2 aromatic rings. The molecule has 0 aliphatic heterocycles. The van der Waals surface area contributed by atoms with Crippen molar-refractivity contribution in [1.82, 2.24) is 10.6 Å². The normalized spacial score (nSPS) is 12.4. The molecule has 8 heteroatoms. The summed E-state index contributed by atoms with van der Waals surface area (Å²) in [5, 5.41) is 8.13. The second-order valence-electron chi connectivity index (χ2n) is 7.20. The van der Waals surface area contributed by atoms with E-state index in [2.05, 4.69) is 16.0 Å². The Labute approximate surface area is 182 Å². The van der Waals surface area contributed by atoms with Crippen molar-refractivity contribution in [1.29, 1.82) is 0 Å².